The molecule has 7 heteroatoms. The van der Waals surface area contributed by atoms with Crippen LogP contribution in [0.2, 0.25) is 0 Å². The molecule has 0 fully saturated rings. The van der Waals surface area contributed by atoms with E-state index in [1.165, 1.54) is 6.07 Å². The summed E-state index contributed by atoms with van der Waals surface area (Å²) in [6.07, 6.45) is 0. The normalized spacial score (nSPS) is 14.5. The number of sulfonamides is 1. The summed E-state index contributed by atoms with van der Waals surface area (Å²) in [6.45, 7) is 6.32. The van der Waals surface area contributed by atoms with Gasteiger partial charge in [-0.1, -0.05) is 51.1 Å². The fourth-order valence-electron chi connectivity index (χ4n) is 3.24. The van der Waals surface area contributed by atoms with E-state index >= 15 is 0 Å². The van der Waals surface area contributed by atoms with Gasteiger partial charge in [-0.2, -0.15) is 8.42 Å². The number of rotatable bonds is 3. The van der Waals surface area contributed by atoms with Gasteiger partial charge >= 0.3 is 5.97 Å². The molecule has 3 aromatic carbocycles. The smallest absolute Gasteiger partial charge is 0.343 e. The molecule has 0 aliphatic carbocycles. The molecule has 1 heterocycles. The predicted molar refractivity (Wildman–Crippen MR) is 120 cm³/mol. The van der Waals surface area contributed by atoms with Gasteiger partial charge in [-0.15, -0.1) is 4.40 Å². The van der Waals surface area contributed by atoms with Crippen LogP contribution in [0.5, 0.6) is 5.75 Å². The van der Waals surface area contributed by atoms with Crippen LogP contribution in [0.3, 0.4) is 0 Å². The summed E-state index contributed by atoms with van der Waals surface area (Å²) in [4.78, 5) is 12.7. The van der Waals surface area contributed by atoms with E-state index in [1.807, 2.05) is 12.1 Å². The third-order valence-electron chi connectivity index (χ3n) is 4.93. The first-order valence-electron chi connectivity index (χ1n) is 9.78. The lowest BCUT2D eigenvalue weighted by atomic mass is 9.87. The first kappa shape index (κ1) is 20.8. The molecule has 0 saturated heterocycles. The Labute approximate surface area is 181 Å². The molecule has 0 atom stereocenters. The quantitative estimate of drug-likeness (QED) is 0.474. The van der Waals surface area contributed by atoms with Gasteiger partial charge in [-0.3, -0.25) is 0 Å². The maximum atomic E-state index is 12.5. The molecule has 0 bridgehead atoms. The summed E-state index contributed by atoms with van der Waals surface area (Å²) in [5, 5.41) is 3.01. The summed E-state index contributed by atoms with van der Waals surface area (Å²) in [7, 11) is -3.71. The molecule has 0 amide bonds. The Morgan fingerprint density at radius 2 is 1.65 bits per heavy atom. The highest BCUT2D eigenvalue weighted by Crippen LogP contribution is 2.28. The Kier molecular flexibility index (Phi) is 5.15. The molecule has 3 aromatic rings. The van der Waals surface area contributed by atoms with Crippen molar-refractivity contribution >= 4 is 27.5 Å². The van der Waals surface area contributed by atoms with Crippen molar-refractivity contribution in [2.24, 2.45) is 4.40 Å². The van der Waals surface area contributed by atoms with Gasteiger partial charge in [0.15, 0.2) is 5.84 Å². The standard InChI is InChI=1S/C24H22N2O4S/c1-24(2,3)17-13-11-16(12-14-17)23(27)30-19-8-6-7-18(15-19)25-22-20-9-4-5-10-21(20)31(28,29)26-22/h4-15H,1-3H3,(H,25,26). The van der Waals surface area contributed by atoms with Gasteiger partial charge in [0.25, 0.3) is 10.0 Å². The first-order chi connectivity index (χ1) is 14.6. The van der Waals surface area contributed by atoms with E-state index in [1.54, 1.807) is 54.6 Å². The minimum atomic E-state index is -3.71. The third kappa shape index (κ3) is 4.36. The molecule has 1 N–H and O–H groups in total. The highest BCUT2D eigenvalue weighted by Gasteiger charge is 2.28. The molecular weight excluding hydrogens is 412 g/mol. The lowest BCUT2D eigenvalue weighted by Crippen LogP contribution is -2.13. The third-order valence-corrected chi connectivity index (χ3v) is 6.26. The number of carbonyl (C=O) groups excluding carboxylic acids is 1. The molecule has 0 unspecified atom stereocenters. The highest BCUT2D eigenvalue weighted by atomic mass is 32.2. The van der Waals surface area contributed by atoms with E-state index in [9.17, 15) is 13.2 Å². The predicted octanol–water partition coefficient (Wildman–Crippen LogP) is 4.76. The average molecular weight is 435 g/mol. The maximum Gasteiger partial charge on any atom is 0.343 e. The number of carbonyl (C=O) groups is 1. The summed E-state index contributed by atoms with van der Waals surface area (Å²) >= 11 is 0. The number of amidine groups is 1. The van der Waals surface area contributed by atoms with E-state index in [-0.39, 0.29) is 16.1 Å². The lowest BCUT2D eigenvalue weighted by Gasteiger charge is -2.18. The fraction of sp³-hybridized carbons (Fsp3) is 0.167. The van der Waals surface area contributed by atoms with Crippen molar-refractivity contribution in [3.63, 3.8) is 0 Å². The Balaban J connectivity index is 1.51. The zero-order chi connectivity index (χ0) is 22.2. The van der Waals surface area contributed by atoms with Crippen LogP contribution in [0.15, 0.2) is 82.1 Å². The summed E-state index contributed by atoms with van der Waals surface area (Å²) in [6, 6.07) is 20.7. The SMILES string of the molecule is CC(C)(C)c1ccc(C(=O)Oc2cccc(NC3=NS(=O)(=O)c4ccccc43)c2)cc1. The molecule has 0 saturated carbocycles. The fourth-order valence-corrected chi connectivity index (χ4v) is 4.42. The zero-order valence-electron chi connectivity index (χ0n) is 17.4. The van der Waals surface area contributed by atoms with Gasteiger partial charge in [0.2, 0.25) is 0 Å². The summed E-state index contributed by atoms with van der Waals surface area (Å²) in [5.41, 5.74) is 2.63. The number of benzene rings is 3. The Morgan fingerprint density at radius 3 is 2.35 bits per heavy atom. The molecule has 4 rings (SSSR count). The lowest BCUT2D eigenvalue weighted by molar-refractivity contribution is 0.0735. The number of nitrogens with zero attached hydrogens (tertiary/aromatic N) is 1. The monoisotopic (exact) mass is 434 g/mol. The number of ether oxygens (including phenoxy) is 1. The van der Waals surface area contributed by atoms with Crippen LogP contribution in [-0.4, -0.2) is 20.2 Å². The van der Waals surface area contributed by atoms with Gasteiger partial charge in [0, 0.05) is 17.3 Å². The second-order valence-corrected chi connectivity index (χ2v) is 9.85. The highest BCUT2D eigenvalue weighted by molar-refractivity contribution is 7.90. The molecule has 1 aliphatic heterocycles. The molecule has 6 nitrogen and oxygen atoms in total. The van der Waals surface area contributed by atoms with E-state index < -0.39 is 16.0 Å². The van der Waals surface area contributed by atoms with Crippen LogP contribution in [0.25, 0.3) is 0 Å². The van der Waals surface area contributed by atoms with Gasteiger partial charge < -0.3 is 10.1 Å². The Morgan fingerprint density at radius 1 is 0.935 bits per heavy atom. The number of fused-ring (bicyclic) bond motifs is 1. The van der Waals surface area contributed by atoms with E-state index in [0.29, 0.717) is 22.6 Å². The van der Waals surface area contributed by atoms with Gasteiger partial charge in [-0.25, -0.2) is 4.79 Å². The summed E-state index contributed by atoms with van der Waals surface area (Å²) in [5.74, 6) is 0.102. The minimum Gasteiger partial charge on any atom is -0.423 e. The number of nitrogens with one attached hydrogen (secondary N) is 1. The van der Waals surface area contributed by atoms with Gasteiger partial charge in [0.05, 0.1) is 5.56 Å². The Bertz CT molecular complexity index is 1290. The molecule has 1 aliphatic rings. The van der Waals surface area contributed by atoms with Crippen molar-refractivity contribution in [2.45, 2.75) is 31.1 Å². The largest absolute Gasteiger partial charge is 0.423 e. The first-order valence-corrected chi connectivity index (χ1v) is 11.2. The second kappa shape index (κ2) is 7.67. The molecule has 0 radical (unpaired) electrons. The number of hydrogen-bond acceptors (Lipinski definition) is 5. The van der Waals surface area contributed by atoms with Crippen LogP contribution in [0, 0.1) is 0 Å². The molecule has 158 valence electrons. The van der Waals surface area contributed by atoms with Crippen molar-refractivity contribution in [2.75, 3.05) is 5.32 Å². The van der Waals surface area contributed by atoms with Crippen molar-refractivity contribution in [1.29, 1.82) is 0 Å². The van der Waals surface area contributed by atoms with Crippen molar-refractivity contribution < 1.29 is 17.9 Å². The van der Waals surface area contributed by atoms with Crippen molar-refractivity contribution in [3.05, 3.63) is 89.5 Å². The molecule has 0 aromatic heterocycles. The zero-order valence-corrected chi connectivity index (χ0v) is 18.2. The van der Waals surface area contributed by atoms with Crippen LogP contribution in [0.1, 0.15) is 42.3 Å². The molecular formula is C24H22N2O4S. The second-order valence-electron chi connectivity index (χ2n) is 8.28. The van der Waals surface area contributed by atoms with E-state index in [0.717, 1.165) is 5.56 Å². The number of hydrogen-bond donors (Lipinski definition) is 1. The number of esters is 1. The maximum absolute atomic E-state index is 12.5. The van der Waals surface area contributed by atoms with Gasteiger partial charge in [0.1, 0.15) is 10.6 Å². The van der Waals surface area contributed by atoms with E-state index in [2.05, 4.69) is 30.5 Å². The topological polar surface area (TPSA) is 84.8 Å². The Hall–Kier alpha value is -3.45. The van der Waals surface area contributed by atoms with Crippen LogP contribution in [0.4, 0.5) is 5.69 Å². The molecule has 31 heavy (non-hydrogen) atoms. The van der Waals surface area contributed by atoms with Crippen molar-refractivity contribution in [1.82, 2.24) is 0 Å². The number of anilines is 1. The minimum absolute atomic E-state index is 0.00249. The average Bonchev–Trinajstić information content (AvgIpc) is 2.98. The van der Waals surface area contributed by atoms with Crippen LogP contribution >= 0.6 is 0 Å². The van der Waals surface area contributed by atoms with Crippen LogP contribution in [-0.2, 0) is 15.4 Å². The van der Waals surface area contributed by atoms with Crippen molar-refractivity contribution in [3.8, 4) is 5.75 Å². The van der Waals surface area contributed by atoms with Crippen LogP contribution < -0.4 is 10.1 Å². The van der Waals surface area contributed by atoms with Gasteiger partial charge in [-0.05, 0) is 47.4 Å². The molecule has 0 spiro atoms. The van der Waals surface area contributed by atoms with E-state index in [4.69, 9.17) is 4.74 Å². The summed E-state index contributed by atoms with van der Waals surface area (Å²) < 4.78 is 33.7.